The molecule has 4 atom stereocenters. The molecule has 5 nitrogen and oxygen atoms in total. The van der Waals surface area contributed by atoms with Gasteiger partial charge in [-0.3, -0.25) is 9.20 Å². The van der Waals surface area contributed by atoms with Crippen LogP contribution in [0.4, 0.5) is 4.39 Å². The molecule has 1 saturated carbocycles. The van der Waals surface area contributed by atoms with Gasteiger partial charge in [-0.15, -0.1) is 0 Å². The summed E-state index contributed by atoms with van der Waals surface area (Å²) in [5.41, 5.74) is 0. The molecule has 0 heterocycles. The third-order valence-electron chi connectivity index (χ3n) is 4.93. The molecule has 0 radical (unpaired) electrons. The van der Waals surface area contributed by atoms with E-state index in [0.717, 1.165) is 37.9 Å². The van der Waals surface area contributed by atoms with Crippen LogP contribution >= 0.6 is 0 Å². The number of aliphatic imine (C=N–C) groups is 1. The highest BCUT2D eigenvalue weighted by Gasteiger charge is 2.26. The summed E-state index contributed by atoms with van der Waals surface area (Å²) in [6, 6.07) is 6.73. The molecule has 1 aromatic carbocycles. The Morgan fingerprint density at radius 2 is 2.15 bits per heavy atom. The molecular weight excluding hydrogens is 365 g/mol. The van der Waals surface area contributed by atoms with Gasteiger partial charge in [0.2, 0.25) is 0 Å². The molecule has 1 aromatic rings. The van der Waals surface area contributed by atoms with E-state index in [0.29, 0.717) is 12.5 Å². The Bertz CT molecular complexity index is 641. The first kappa shape index (κ1) is 21.7. The first-order valence-corrected chi connectivity index (χ1v) is 11.2. The smallest absolute Gasteiger partial charge is 0.191 e. The molecule has 0 aromatic heterocycles. The zero-order valence-corrected chi connectivity index (χ0v) is 17.4. The number of rotatable bonds is 8. The molecule has 0 spiro atoms. The van der Waals surface area contributed by atoms with Gasteiger partial charge in [0.15, 0.2) is 17.5 Å². The van der Waals surface area contributed by atoms with Gasteiger partial charge in [0.25, 0.3) is 0 Å². The minimum Gasteiger partial charge on any atom is -0.486 e. The van der Waals surface area contributed by atoms with Crippen molar-refractivity contribution >= 4 is 16.8 Å². The van der Waals surface area contributed by atoms with Crippen molar-refractivity contribution in [3.8, 4) is 5.75 Å². The highest BCUT2D eigenvalue weighted by molar-refractivity contribution is 7.85. The van der Waals surface area contributed by atoms with Crippen LogP contribution in [0.3, 0.4) is 0 Å². The lowest BCUT2D eigenvalue weighted by Crippen LogP contribution is -2.48. The normalized spacial score (nSPS) is 22.7. The van der Waals surface area contributed by atoms with E-state index in [4.69, 9.17) is 4.74 Å². The molecule has 0 aliphatic heterocycles. The van der Waals surface area contributed by atoms with Crippen molar-refractivity contribution in [2.45, 2.75) is 63.3 Å². The number of hydrogen-bond donors (Lipinski definition) is 2. The van der Waals surface area contributed by atoms with Crippen LogP contribution < -0.4 is 15.4 Å². The summed E-state index contributed by atoms with van der Waals surface area (Å²) in [5, 5.41) is 7.00. The second kappa shape index (κ2) is 11.3. The Hall–Kier alpha value is -1.63. The van der Waals surface area contributed by atoms with Crippen LogP contribution in [0.1, 0.15) is 46.0 Å². The largest absolute Gasteiger partial charge is 0.486 e. The SMILES string of the molecule is CCC(CNC(=NC)NC1CCCC(S(=O)CC)C1)Oc1ccccc1F. The number of para-hydroxylation sites is 1. The quantitative estimate of drug-likeness (QED) is 0.522. The van der Waals surface area contributed by atoms with Crippen LogP contribution in [-0.2, 0) is 10.8 Å². The Kier molecular flexibility index (Phi) is 9.04. The Labute approximate surface area is 164 Å². The third kappa shape index (κ3) is 6.79. The summed E-state index contributed by atoms with van der Waals surface area (Å²) >= 11 is 0. The van der Waals surface area contributed by atoms with Crippen molar-refractivity contribution < 1.29 is 13.3 Å². The summed E-state index contributed by atoms with van der Waals surface area (Å²) in [6.07, 6.45) is 4.68. The zero-order valence-electron chi connectivity index (χ0n) is 16.5. The monoisotopic (exact) mass is 397 g/mol. The molecule has 7 heteroatoms. The summed E-state index contributed by atoms with van der Waals surface area (Å²) in [4.78, 5) is 4.29. The van der Waals surface area contributed by atoms with Gasteiger partial charge in [-0.2, -0.15) is 0 Å². The van der Waals surface area contributed by atoms with Crippen LogP contribution in [0.15, 0.2) is 29.3 Å². The second-order valence-corrected chi connectivity index (χ2v) is 8.84. The van der Waals surface area contributed by atoms with E-state index in [-0.39, 0.29) is 29.0 Å². The standard InChI is InChI=1S/C20H32FN3O2S/c1-4-16(26-19-12-7-6-11-18(19)21)14-23-20(22-3)24-15-9-8-10-17(13-15)27(25)5-2/h6-7,11-12,15-17H,4-5,8-10,13-14H2,1-3H3,(H2,22,23,24). The van der Waals surface area contributed by atoms with Gasteiger partial charge in [-0.25, -0.2) is 4.39 Å². The third-order valence-corrected chi connectivity index (χ3v) is 6.67. The minimum atomic E-state index is -0.744. The molecule has 2 rings (SSSR count). The number of nitrogens with zero attached hydrogens (tertiary/aromatic N) is 1. The van der Waals surface area contributed by atoms with E-state index in [2.05, 4.69) is 15.6 Å². The number of hydrogen-bond acceptors (Lipinski definition) is 3. The fourth-order valence-electron chi connectivity index (χ4n) is 3.34. The second-order valence-electron chi connectivity index (χ2n) is 6.83. The van der Waals surface area contributed by atoms with Crippen molar-refractivity contribution in [2.24, 2.45) is 4.99 Å². The van der Waals surface area contributed by atoms with Gasteiger partial charge in [0.1, 0.15) is 6.10 Å². The maximum Gasteiger partial charge on any atom is 0.191 e. The number of guanidine groups is 1. The van der Waals surface area contributed by atoms with Crippen LogP contribution in [0.2, 0.25) is 0 Å². The molecule has 0 bridgehead atoms. The van der Waals surface area contributed by atoms with E-state index < -0.39 is 10.8 Å². The van der Waals surface area contributed by atoms with Crippen LogP contribution in [-0.4, -0.2) is 46.9 Å². The average Bonchev–Trinajstić information content (AvgIpc) is 2.70. The molecule has 27 heavy (non-hydrogen) atoms. The van der Waals surface area contributed by atoms with Gasteiger partial charge in [0.05, 0.1) is 6.54 Å². The predicted molar refractivity (Wildman–Crippen MR) is 110 cm³/mol. The van der Waals surface area contributed by atoms with Crippen molar-refractivity contribution in [3.63, 3.8) is 0 Å². The van der Waals surface area contributed by atoms with Gasteiger partial charge < -0.3 is 15.4 Å². The highest BCUT2D eigenvalue weighted by Crippen LogP contribution is 2.23. The molecular formula is C20H32FN3O2S. The first-order chi connectivity index (χ1) is 13.1. The van der Waals surface area contributed by atoms with Gasteiger partial charge in [0, 0.05) is 34.9 Å². The number of halogens is 1. The van der Waals surface area contributed by atoms with Gasteiger partial charge >= 0.3 is 0 Å². The molecule has 0 amide bonds. The van der Waals surface area contributed by atoms with Crippen LogP contribution in [0, 0.1) is 5.82 Å². The average molecular weight is 398 g/mol. The fraction of sp³-hybridized carbons (Fsp3) is 0.650. The molecule has 4 unspecified atom stereocenters. The summed E-state index contributed by atoms with van der Waals surface area (Å²) in [5.74, 6) is 1.34. The number of ether oxygens (including phenoxy) is 1. The van der Waals surface area contributed by atoms with E-state index in [1.54, 1.807) is 25.2 Å². The fourth-order valence-corrected chi connectivity index (χ4v) is 4.69. The highest BCUT2D eigenvalue weighted by atomic mass is 32.2. The summed E-state index contributed by atoms with van der Waals surface area (Å²) in [7, 11) is 0.991. The van der Waals surface area contributed by atoms with E-state index >= 15 is 0 Å². The number of nitrogens with one attached hydrogen (secondary N) is 2. The van der Waals surface area contributed by atoms with Crippen molar-refractivity contribution in [3.05, 3.63) is 30.1 Å². The Morgan fingerprint density at radius 3 is 2.81 bits per heavy atom. The molecule has 152 valence electrons. The molecule has 1 fully saturated rings. The van der Waals surface area contributed by atoms with Crippen molar-refractivity contribution in [1.29, 1.82) is 0 Å². The minimum absolute atomic E-state index is 0.160. The summed E-state index contributed by atoms with van der Waals surface area (Å²) in [6.45, 7) is 4.52. The summed E-state index contributed by atoms with van der Waals surface area (Å²) < 4.78 is 31.7. The lowest BCUT2D eigenvalue weighted by molar-refractivity contribution is 0.191. The van der Waals surface area contributed by atoms with E-state index in [1.165, 1.54) is 6.07 Å². The molecule has 2 N–H and O–H groups in total. The number of benzene rings is 1. The van der Waals surface area contributed by atoms with E-state index in [9.17, 15) is 8.60 Å². The maximum absolute atomic E-state index is 13.8. The lowest BCUT2D eigenvalue weighted by atomic mass is 9.95. The van der Waals surface area contributed by atoms with Crippen LogP contribution in [0.25, 0.3) is 0 Å². The molecule has 1 aliphatic carbocycles. The topological polar surface area (TPSA) is 62.7 Å². The Balaban J connectivity index is 1.85. The van der Waals surface area contributed by atoms with Gasteiger partial charge in [-0.05, 0) is 37.8 Å². The molecule has 0 saturated heterocycles. The zero-order chi connectivity index (χ0) is 19.6. The van der Waals surface area contributed by atoms with Crippen molar-refractivity contribution in [2.75, 3.05) is 19.3 Å². The Morgan fingerprint density at radius 1 is 1.37 bits per heavy atom. The maximum atomic E-state index is 13.8. The van der Waals surface area contributed by atoms with Gasteiger partial charge in [-0.1, -0.05) is 32.4 Å². The first-order valence-electron chi connectivity index (χ1n) is 9.82. The molecule has 1 aliphatic rings. The lowest BCUT2D eigenvalue weighted by Gasteiger charge is -2.30. The van der Waals surface area contributed by atoms with Crippen molar-refractivity contribution in [1.82, 2.24) is 10.6 Å². The predicted octanol–water partition coefficient (Wildman–Crippen LogP) is 3.23. The van der Waals surface area contributed by atoms with E-state index in [1.807, 2.05) is 13.8 Å². The van der Waals surface area contributed by atoms with Crippen LogP contribution in [0.5, 0.6) is 5.75 Å².